The van der Waals surface area contributed by atoms with Crippen LogP contribution in [0.5, 0.6) is 0 Å². The number of carbonyl (C=O) groups excluding carboxylic acids is 2. The van der Waals surface area contributed by atoms with Crippen LogP contribution in [0.25, 0.3) is 0 Å². The van der Waals surface area contributed by atoms with E-state index in [0.29, 0.717) is 32.7 Å². The summed E-state index contributed by atoms with van der Waals surface area (Å²) in [6, 6.07) is 7.90. The molecule has 1 saturated heterocycles. The highest BCUT2D eigenvalue weighted by molar-refractivity contribution is 9.10. The lowest BCUT2D eigenvalue weighted by Gasteiger charge is -2.35. The molecule has 0 unspecified atom stereocenters. The molecule has 0 radical (unpaired) electrons. The molecular weight excluding hydrogens is 386 g/mol. The van der Waals surface area contributed by atoms with Crippen LogP contribution in [-0.2, 0) is 11.2 Å². The molecule has 0 aromatic heterocycles. The summed E-state index contributed by atoms with van der Waals surface area (Å²) >= 11 is 3.51. The molecule has 1 aromatic rings. The first-order chi connectivity index (χ1) is 11.8. The van der Waals surface area contributed by atoms with Crippen LogP contribution in [0.1, 0.15) is 26.3 Å². The Morgan fingerprint density at radius 1 is 1.12 bits per heavy atom. The Balaban J connectivity index is 1.72. The van der Waals surface area contributed by atoms with Gasteiger partial charge in [-0.15, -0.1) is 0 Å². The molecular formula is C18H26BrN3O3. The Hall–Kier alpha value is -1.76. The molecule has 0 bridgehead atoms. The summed E-state index contributed by atoms with van der Waals surface area (Å²) in [7, 11) is 0. The highest BCUT2D eigenvalue weighted by Crippen LogP contribution is 2.16. The van der Waals surface area contributed by atoms with Gasteiger partial charge in [0.25, 0.3) is 0 Å². The molecule has 0 atom stereocenters. The van der Waals surface area contributed by atoms with E-state index in [4.69, 9.17) is 4.74 Å². The second kappa shape index (κ2) is 8.56. The normalized spacial score (nSPS) is 15.0. The third-order valence-corrected chi connectivity index (χ3v) is 4.62. The van der Waals surface area contributed by atoms with Gasteiger partial charge in [-0.25, -0.2) is 9.59 Å². The van der Waals surface area contributed by atoms with Crippen LogP contribution in [0.4, 0.5) is 9.59 Å². The summed E-state index contributed by atoms with van der Waals surface area (Å²) < 4.78 is 6.41. The fraction of sp³-hybridized carbons (Fsp3) is 0.556. The first-order valence-corrected chi connectivity index (χ1v) is 9.30. The van der Waals surface area contributed by atoms with Gasteiger partial charge in [0, 0.05) is 37.2 Å². The van der Waals surface area contributed by atoms with Crippen LogP contribution in [0.3, 0.4) is 0 Å². The summed E-state index contributed by atoms with van der Waals surface area (Å²) in [5.41, 5.74) is 0.662. The van der Waals surface area contributed by atoms with E-state index >= 15 is 0 Å². The number of amides is 3. The molecule has 0 aliphatic carbocycles. The lowest BCUT2D eigenvalue weighted by atomic mass is 10.1. The van der Waals surface area contributed by atoms with Crippen molar-refractivity contribution in [2.45, 2.75) is 32.8 Å². The first kappa shape index (κ1) is 19.6. The summed E-state index contributed by atoms with van der Waals surface area (Å²) in [6.07, 6.45) is 0.451. The summed E-state index contributed by atoms with van der Waals surface area (Å²) in [5.74, 6) is 0. The van der Waals surface area contributed by atoms with Crippen molar-refractivity contribution in [1.82, 2.24) is 15.1 Å². The molecule has 2 rings (SSSR count). The third-order valence-electron chi connectivity index (χ3n) is 3.85. The summed E-state index contributed by atoms with van der Waals surface area (Å²) in [6.45, 7) is 8.13. The average Bonchev–Trinajstić information content (AvgIpc) is 2.55. The molecule has 6 nitrogen and oxygen atoms in total. The second-order valence-corrected chi connectivity index (χ2v) is 7.88. The maximum atomic E-state index is 12.2. The van der Waals surface area contributed by atoms with Crippen molar-refractivity contribution < 1.29 is 14.3 Å². The molecule has 1 heterocycles. The van der Waals surface area contributed by atoms with Crippen molar-refractivity contribution in [3.63, 3.8) is 0 Å². The highest BCUT2D eigenvalue weighted by atomic mass is 79.9. The number of halogens is 1. The molecule has 3 amide bonds. The lowest BCUT2D eigenvalue weighted by molar-refractivity contribution is 0.0170. The van der Waals surface area contributed by atoms with Crippen molar-refractivity contribution in [2.75, 3.05) is 32.7 Å². The van der Waals surface area contributed by atoms with Gasteiger partial charge in [0.1, 0.15) is 5.60 Å². The highest BCUT2D eigenvalue weighted by Gasteiger charge is 2.27. The molecule has 1 aliphatic rings. The van der Waals surface area contributed by atoms with E-state index < -0.39 is 5.60 Å². The van der Waals surface area contributed by atoms with Gasteiger partial charge in [-0.2, -0.15) is 0 Å². The van der Waals surface area contributed by atoms with Crippen molar-refractivity contribution in [1.29, 1.82) is 0 Å². The van der Waals surface area contributed by atoms with Crippen molar-refractivity contribution >= 4 is 28.1 Å². The largest absolute Gasteiger partial charge is 0.444 e. The number of carbonyl (C=O) groups is 2. The number of ether oxygens (including phenoxy) is 1. The maximum Gasteiger partial charge on any atom is 0.410 e. The smallest absolute Gasteiger partial charge is 0.410 e. The molecule has 1 aromatic carbocycles. The van der Waals surface area contributed by atoms with Crippen molar-refractivity contribution in [3.05, 3.63) is 34.3 Å². The molecule has 7 heteroatoms. The van der Waals surface area contributed by atoms with Gasteiger partial charge < -0.3 is 19.9 Å². The Morgan fingerprint density at radius 2 is 1.72 bits per heavy atom. The zero-order valence-electron chi connectivity index (χ0n) is 15.0. The van der Waals surface area contributed by atoms with Crippen LogP contribution >= 0.6 is 15.9 Å². The van der Waals surface area contributed by atoms with E-state index in [1.807, 2.05) is 45.0 Å². The van der Waals surface area contributed by atoms with Crippen molar-refractivity contribution in [3.8, 4) is 0 Å². The van der Waals surface area contributed by atoms with Crippen LogP contribution in [0, 0.1) is 0 Å². The predicted octanol–water partition coefficient (Wildman–Crippen LogP) is 3.25. The Bertz CT molecular complexity index is 608. The number of piperazine rings is 1. The van der Waals surface area contributed by atoms with Crippen LogP contribution < -0.4 is 5.32 Å². The SMILES string of the molecule is CC(C)(C)OC(=O)N1CCN(C(=O)NCCc2ccccc2Br)CC1. The van der Waals surface area contributed by atoms with Gasteiger partial charge >= 0.3 is 12.1 Å². The topological polar surface area (TPSA) is 61.9 Å². The zero-order chi connectivity index (χ0) is 18.4. The number of nitrogens with one attached hydrogen (secondary N) is 1. The fourth-order valence-electron chi connectivity index (χ4n) is 2.54. The summed E-state index contributed by atoms with van der Waals surface area (Å²) in [5, 5.41) is 2.94. The van der Waals surface area contributed by atoms with Gasteiger partial charge in [-0.3, -0.25) is 0 Å². The minimum atomic E-state index is -0.503. The molecule has 25 heavy (non-hydrogen) atoms. The molecule has 138 valence electrons. The Kier molecular flexibility index (Phi) is 6.70. The number of urea groups is 1. The standard InChI is InChI=1S/C18H26BrN3O3/c1-18(2,3)25-17(24)22-12-10-21(11-13-22)16(23)20-9-8-14-6-4-5-7-15(14)19/h4-7H,8-13H2,1-3H3,(H,20,23). The fourth-order valence-corrected chi connectivity index (χ4v) is 3.02. The third kappa shape index (κ3) is 6.23. The number of hydrogen-bond donors (Lipinski definition) is 1. The van der Waals surface area contributed by atoms with Gasteiger partial charge in [0.15, 0.2) is 0 Å². The minimum absolute atomic E-state index is 0.0871. The number of benzene rings is 1. The Morgan fingerprint density at radius 3 is 2.32 bits per heavy atom. The van der Waals surface area contributed by atoms with Crippen LogP contribution in [0.15, 0.2) is 28.7 Å². The van der Waals surface area contributed by atoms with E-state index in [0.717, 1.165) is 16.5 Å². The monoisotopic (exact) mass is 411 g/mol. The van der Waals surface area contributed by atoms with E-state index in [2.05, 4.69) is 21.2 Å². The predicted molar refractivity (Wildman–Crippen MR) is 101 cm³/mol. The lowest BCUT2D eigenvalue weighted by Crippen LogP contribution is -2.54. The Labute approximate surface area is 157 Å². The number of hydrogen-bond acceptors (Lipinski definition) is 3. The number of nitrogens with zero attached hydrogens (tertiary/aromatic N) is 2. The van der Waals surface area contributed by atoms with Crippen LogP contribution in [0.2, 0.25) is 0 Å². The quantitative estimate of drug-likeness (QED) is 0.829. The van der Waals surface area contributed by atoms with Crippen LogP contribution in [-0.4, -0.2) is 60.2 Å². The molecule has 1 aliphatic heterocycles. The van der Waals surface area contributed by atoms with Gasteiger partial charge in [-0.1, -0.05) is 34.1 Å². The van der Waals surface area contributed by atoms with E-state index in [1.165, 1.54) is 0 Å². The molecule has 1 N–H and O–H groups in total. The second-order valence-electron chi connectivity index (χ2n) is 7.03. The van der Waals surface area contributed by atoms with E-state index in [1.54, 1.807) is 9.80 Å². The molecule has 1 fully saturated rings. The first-order valence-electron chi connectivity index (χ1n) is 8.50. The average molecular weight is 412 g/mol. The number of rotatable bonds is 3. The summed E-state index contributed by atoms with van der Waals surface area (Å²) in [4.78, 5) is 27.7. The van der Waals surface area contributed by atoms with E-state index in [9.17, 15) is 9.59 Å². The van der Waals surface area contributed by atoms with Gasteiger partial charge in [0.2, 0.25) is 0 Å². The van der Waals surface area contributed by atoms with Crippen molar-refractivity contribution in [2.24, 2.45) is 0 Å². The van der Waals surface area contributed by atoms with E-state index in [-0.39, 0.29) is 12.1 Å². The molecule has 0 spiro atoms. The zero-order valence-corrected chi connectivity index (χ0v) is 16.6. The minimum Gasteiger partial charge on any atom is -0.444 e. The molecule has 0 saturated carbocycles. The van der Waals surface area contributed by atoms with Gasteiger partial charge in [0.05, 0.1) is 0 Å². The van der Waals surface area contributed by atoms with Gasteiger partial charge in [-0.05, 0) is 38.8 Å². The maximum absolute atomic E-state index is 12.2.